The Bertz CT molecular complexity index is 491. The van der Waals surface area contributed by atoms with Crippen molar-refractivity contribution in [2.45, 2.75) is 155 Å². The maximum absolute atomic E-state index is 11.9. The van der Waals surface area contributed by atoms with Crippen molar-refractivity contribution in [2.24, 2.45) is 29.6 Å². The molecule has 0 aromatic heterocycles. The predicted molar refractivity (Wildman–Crippen MR) is 136 cm³/mol. The SMILES string of the molecule is CCCCC[C@H]1CC[C@H](CC[C@H]2CC[C@H]([C@H]3CC[C@H](OC(=O)CCCC)CC3)CC2)CC1. The number of carbonyl (C=O) groups excluding carboxylic acids is 1. The van der Waals surface area contributed by atoms with Gasteiger partial charge < -0.3 is 4.74 Å². The van der Waals surface area contributed by atoms with E-state index in [1.54, 1.807) is 0 Å². The predicted octanol–water partition coefficient (Wildman–Crippen LogP) is 9.25. The largest absolute Gasteiger partial charge is 0.462 e. The fraction of sp³-hybridized carbons (Fsp3) is 0.967. The number of ether oxygens (including phenoxy) is 1. The van der Waals surface area contributed by atoms with Crippen LogP contribution in [0.2, 0.25) is 0 Å². The van der Waals surface area contributed by atoms with E-state index in [9.17, 15) is 4.79 Å². The molecular formula is C30H54O2. The molecule has 0 saturated heterocycles. The summed E-state index contributed by atoms with van der Waals surface area (Å²) in [6.45, 7) is 4.46. The third kappa shape index (κ3) is 9.02. The van der Waals surface area contributed by atoms with Crippen LogP contribution in [0.1, 0.15) is 149 Å². The van der Waals surface area contributed by atoms with E-state index in [1.165, 1.54) is 103 Å². The van der Waals surface area contributed by atoms with E-state index < -0.39 is 0 Å². The minimum Gasteiger partial charge on any atom is -0.462 e. The molecule has 186 valence electrons. The molecule has 3 saturated carbocycles. The summed E-state index contributed by atoms with van der Waals surface area (Å²) < 4.78 is 5.73. The topological polar surface area (TPSA) is 26.3 Å². The normalized spacial score (nSPS) is 33.7. The first kappa shape index (κ1) is 26.1. The van der Waals surface area contributed by atoms with Crippen LogP contribution >= 0.6 is 0 Å². The van der Waals surface area contributed by atoms with Crippen molar-refractivity contribution in [1.82, 2.24) is 0 Å². The number of hydrogen-bond donors (Lipinski definition) is 0. The van der Waals surface area contributed by atoms with Crippen molar-refractivity contribution in [2.75, 3.05) is 0 Å². The van der Waals surface area contributed by atoms with Gasteiger partial charge in [0.15, 0.2) is 0 Å². The summed E-state index contributed by atoms with van der Waals surface area (Å²) in [4.78, 5) is 11.9. The minimum absolute atomic E-state index is 0.0424. The molecule has 0 unspecified atom stereocenters. The van der Waals surface area contributed by atoms with Crippen LogP contribution in [0.3, 0.4) is 0 Å². The van der Waals surface area contributed by atoms with Crippen LogP contribution in [0.15, 0.2) is 0 Å². The molecule has 0 radical (unpaired) electrons. The van der Waals surface area contributed by atoms with Gasteiger partial charge in [-0.15, -0.1) is 0 Å². The second kappa shape index (κ2) is 14.7. The van der Waals surface area contributed by atoms with Gasteiger partial charge in [-0.05, 0) is 74.5 Å². The summed E-state index contributed by atoms with van der Waals surface area (Å²) >= 11 is 0. The average Bonchev–Trinajstić information content (AvgIpc) is 2.83. The first-order chi connectivity index (χ1) is 15.7. The van der Waals surface area contributed by atoms with E-state index in [4.69, 9.17) is 4.74 Å². The lowest BCUT2D eigenvalue weighted by atomic mass is 9.69. The van der Waals surface area contributed by atoms with Gasteiger partial charge in [0.25, 0.3) is 0 Å². The maximum Gasteiger partial charge on any atom is 0.306 e. The second-order valence-electron chi connectivity index (χ2n) is 11.9. The third-order valence-electron chi connectivity index (χ3n) is 9.47. The van der Waals surface area contributed by atoms with Crippen LogP contribution in [0.4, 0.5) is 0 Å². The van der Waals surface area contributed by atoms with Gasteiger partial charge in [-0.3, -0.25) is 4.79 Å². The summed E-state index contributed by atoms with van der Waals surface area (Å²) in [5.41, 5.74) is 0. The Labute approximate surface area is 200 Å². The molecule has 0 spiro atoms. The van der Waals surface area contributed by atoms with Gasteiger partial charge in [0.2, 0.25) is 0 Å². The summed E-state index contributed by atoms with van der Waals surface area (Å²) in [5, 5.41) is 0. The molecule has 3 rings (SSSR count). The number of rotatable bonds is 12. The molecule has 3 fully saturated rings. The lowest BCUT2D eigenvalue weighted by Crippen LogP contribution is -2.29. The first-order valence-corrected chi connectivity index (χ1v) is 14.9. The molecule has 0 atom stereocenters. The Balaban J connectivity index is 1.24. The van der Waals surface area contributed by atoms with E-state index in [1.807, 2.05) is 0 Å². The molecule has 2 heteroatoms. The summed E-state index contributed by atoms with van der Waals surface area (Å²) in [6, 6.07) is 0. The molecular weight excluding hydrogens is 392 g/mol. The van der Waals surface area contributed by atoms with Gasteiger partial charge in [0.05, 0.1) is 0 Å². The maximum atomic E-state index is 11.9. The fourth-order valence-electron chi connectivity index (χ4n) is 7.16. The van der Waals surface area contributed by atoms with Crippen molar-refractivity contribution >= 4 is 5.97 Å². The third-order valence-corrected chi connectivity index (χ3v) is 9.47. The number of hydrogen-bond acceptors (Lipinski definition) is 2. The van der Waals surface area contributed by atoms with Crippen molar-refractivity contribution in [3.8, 4) is 0 Å². The molecule has 2 nitrogen and oxygen atoms in total. The van der Waals surface area contributed by atoms with E-state index in [2.05, 4.69) is 13.8 Å². The number of unbranched alkanes of at least 4 members (excludes halogenated alkanes) is 3. The second-order valence-corrected chi connectivity index (χ2v) is 11.9. The molecule has 0 aromatic rings. The van der Waals surface area contributed by atoms with Crippen LogP contribution in [-0.2, 0) is 9.53 Å². The van der Waals surface area contributed by atoms with E-state index in [0.29, 0.717) is 6.42 Å². The van der Waals surface area contributed by atoms with Crippen LogP contribution in [0.25, 0.3) is 0 Å². The number of esters is 1. The number of carbonyl (C=O) groups is 1. The molecule has 0 N–H and O–H groups in total. The Morgan fingerprint density at radius 1 is 0.594 bits per heavy atom. The highest BCUT2D eigenvalue weighted by Crippen LogP contribution is 2.43. The molecule has 0 heterocycles. The smallest absolute Gasteiger partial charge is 0.306 e. The fourth-order valence-corrected chi connectivity index (χ4v) is 7.16. The zero-order valence-corrected chi connectivity index (χ0v) is 21.6. The highest BCUT2D eigenvalue weighted by atomic mass is 16.5. The summed E-state index contributed by atoms with van der Waals surface area (Å²) in [5.74, 6) is 5.03. The molecule has 0 aliphatic heterocycles. The van der Waals surface area contributed by atoms with Crippen molar-refractivity contribution in [1.29, 1.82) is 0 Å². The monoisotopic (exact) mass is 446 g/mol. The molecule has 0 amide bonds. The van der Waals surface area contributed by atoms with Crippen molar-refractivity contribution < 1.29 is 9.53 Å². The lowest BCUT2D eigenvalue weighted by Gasteiger charge is -2.38. The Hall–Kier alpha value is -0.530. The van der Waals surface area contributed by atoms with E-state index in [0.717, 1.165) is 55.3 Å². The Kier molecular flexibility index (Phi) is 12.0. The van der Waals surface area contributed by atoms with Crippen LogP contribution < -0.4 is 0 Å². The van der Waals surface area contributed by atoms with Crippen LogP contribution in [0.5, 0.6) is 0 Å². The van der Waals surface area contributed by atoms with Crippen LogP contribution in [-0.4, -0.2) is 12.1 Å². The molecule has 0 aromatic carbocycles. The van der Waals surface area contributed by atoms with Crippen LogP contribution in [0, 0.1) is 29.6 Å². The standard InChI is InChI=1S/C30H54O2/c1-3-5-7-8-24-10-12-25(13-11-24)14-15-26-16-18-27(19-17-26)28-20-22-29(23-21-28)32-30(31)9-6-4-2/h24-29H,3-23H2,1-2H3/t24-,25-,26-,27-,28-,29-. The summed E-state index contributed by atoms with van der Waals surface area (Å²) in [6.07, 6.45) is 28.5. The quantitative estimate of drug-likeness (QED) is 0.220. The van der Waals surface area contributed by atoms with Gasteiger partial charge in [0, 0.05) is 6.42 Å². The summed E-state index contributed by atoms with van der Waals surface area (Å²) in [7, 11) is 0. The Morgan fingerprint density at radius 3 is 1.59 bits per heavy atom. The first-order valence-electron chi connectivity index (χ1n) is 14.9. The highest BCUT2D eigenvalue weighted by Gasteiger charge is 2.32. The van der Waals surface area contributed by atoms with E-state index in [-0.39, 0.29) is 12.1 Å². The minimum atomic E-state index is 0.0424. The highest BCUT2D eigenvalue weighted by molar-refractivity contribution is 5.69. The zero-order chi connectivity index (χ0) is 22.6. The molecule has 3 aliphatic rings. The lowest BCUT2D eigenvalue weighted by molar-refractivity contribution is -0.151. The van der Waals surface area contributed by atoms with Crippen molar-refractivity contribution in [3.63, 3.8) is 0 Å². The van der Waals surface area contributed by atoms with Gasteiger partial charge >= 0.3 is 5.97 Å². The van der Waals surface area contributed by atoms with Gasteiger partial charge in [-0.2, -0.15) is 0 Å². The molecule has 0 bridgehead atoms. The van der Waals surface area contributed by atoms with E-state index >= 15 is 0 Å². The Morgan fingerprint density at radius 2 is 1.06 bits per heavy atom. The van der Waals surface area contributed by atoms with Crippen molar-refractivity contribution in [3.05, 3.63) is 0 Å². The molecule has 3 aliphatic carbocycles. The zero-order valence-electron chi connectivity index (χ0n) is 21.6. The van der Waals surface area contributed by atoms with Gasteiger partial charge in [-0.1, -0.05) is 97.3 Å². The van der Waals surface area contributed by atoms with Gasteiger partial charge in [-0.25, -0.2) is 0 Å². The average molecular weight is 447 g/mol. The van der Waals surface area contributed by atoms with Gasteiger partial charge in [0.1, 0.15) is 6.10 Å². The molecule has 32 heavy (non-hydrogen) atoms.